The maximum absolute atomic E-state index is 7.19. The van der Waals surface area contributed by atoms with Gasteiger partial charge in [0.05, 0.1) is 11.4 Å². The van der Waals surface area contributed by atoms with E-state index in [4.69, 9.17) is 10.7 Å². The predicted octanol–water partition coefficient (Wildman–Crippen LogP) is 12.8. The van der Waals surface area contributed by atoms with Crippen molar-refractivity contribution in [2.45, 2.75) is 40.0 Å². The molecule has 0 spiro atoms. The van der Waals surface area contributed by atoms with E-state index < -0.39 is 0 Å². The summed E-state index contributed by atoms with van der Waals surface area (Å²) in [4.78, 5) is 6.86. The zero-order valence-corrected chi connectivity index (χ0v) is 30.1. The van der Waals surface area contributed by atoms with Crippen molar-refractivity contribution in [1.29, 1.82) is 0 Å². The molecule has 1 aromatic heterocycles. The molecule has 3 heteroatoms. The summed E-state index contributed by atoms with van der Waals surface area (Å²) in [5.74, 6) is 0. The summed E-state index contributed by atoms with van der Waals surface area (Å²) in [6.45, 7) is 15.2. The van der Waals surface area contributed by atoms with E-state index in [1.807, 2.05) is 17.4 Å². The number of aryl methyl sites for hydroxylation is 2. The van der Waals surface area contributed by atoms with Gasteiger partial charge in [-0.2, -0.15) is 0 Å². The minimum Gasteiger partial charge on any atom is -0.398 e. The predicted molar refractivity (Wildman–Crippen MR) is 218 cm³/mol. The maximum Gasteiger partial charge on any atom is 0.0762 e. The van der Waals surface area contributed by atoms with Crippen LogP contribution in [0, 0.1) is 13.8 Å². The molecule has 0 saturated carbocycles. The van der Waals surface area contributed by atoms with Gasteiger partial charge in [0.15, 0.2) is 0 Å². The third kappa shape index (κ3) is 5.04. The Balaban J connectivity index is 1.36. The van der Waals surface area contributed by atoms with Gasteiger partial charge in [-0.25, -0.2) is 4.99 Å². The number of hydrogen-bond donors (Lipinski definition) is 1. The van der Waals surface area contributed by atoms with Crippen molar-refractivity contribution in [2.24, 2.45) is 10.7 Å². The Morgan fingerprint density at radius 1 is 0.740 bits per heavy atom. The van der Waals surface area contributed by atoms with E-state index in [0.29, 0.717) is 0 Å². The molecule has 244 valence electrons. The number of allylic oxidation sites excluding steroid dienone is 1. The van der Waals surface area contributed by atoms with Crippen molar-refractivity contribution in [3.8, 4) is 22.3 Å². The second-order valence-electron chi connectivity index (χ2n) is 13.9. The van der Waals surface area contributed by atoms with Crippen LogP contribution in [0.5, 0.6) is 0 Å². The van der Waals surface area contributed by atoms with Crippen molar-refractivity contribution >= 4 is 55.4 Å². The molecule has 6 aromatic carbocycles. The summed E-state index contributed by atoms with van der Waals surface area (Å²) in [6.07, 6.45) is 1.98. The molecule has 7 aromatic rings. The normalized spacial score (nSPS) is 14.1. The van der Waals surface area contributed by atoms with Gasteiger partial charge in [0.1, 0.15) is 0 Å². The lowest BCUT2D eigenvalue weighted by Gasteiger charge is -2.22. The van der Waals surface area contributed by atoms with Gasteiger partial charge in [-0.1, -0.05) is 130 Å². The molecular weight excluding hydrogens is 625 g/mol. The number of hydrogen-bond acceptors (Lipinski definition) is 3. The van der Waals surface area contributed by atoms with E-state index in [1.54, 1.807) is 0 Å². The van der Waals surface area contributed by atoms with Crippen LogP contribution in [-0.4, -0.2) is 5.71 Å². The first kappa shape index (κ1) is 31.7. The number of thiophene rings is 1. The van der Waals surface area contributed by atoms with E-state index in [1.165, 1.54) is 48.2 Å². The third-order valence-electron chi connectivity index (χ3n) is 10.6. The Kier molecular flexibility index (Phi) is 7.69. The molecule has 0 atom stereocenters. The van der Waals surface area contributed by atoms with Crippen LogP contribution in [0.15, 0.2) is 138 Å². The number of rotatable bonds is 6. The van der Waals surface area contributed by atoms with E-state index in [9.17, 15) is 0 Å². The second kappa shape index (κ2) is 12.1. The Labute approximate surface area is 299 Å². The van der Waals surface area contributed by atoms with Crippen molar-refractivity contribution < 1.29 is 0 Å². The summed E-state index contributed by atoms with van der Waals surface area (Å²) >= 11 is 1.83. The minimum absolute atomic E-state index is 0.113. The van der Waals surface area contributed by atoms with Gasteiger partial charge in [-0.15, -0.1) is 11.3 Å². The van der Waals surface area contributed by atoms with Gasteiger partial charge in [0.2, 0.25) is 0 Å². The van der Waals surface area contributed by atoms with Crippen LogP contribution in [-0.2, 0) is 5.41 Å². The summed E-state index contributed by atoms with van der Waals surface area (Å²) in [6, 6.07) is 43.5. The molecule has 0 radical (unpaired) electrons. The van der Waals surface area contributed by atoms with Gasteiger partial charge < -0.3 is 5.73 Å². The fourth-order valence-electron chi connectivity index (χ4n) is 7.77. The lowest BCUT2D eigenvalue weighted by Crippen LogP contribution is -2.16. The van der Waals surface area contributed by atoms with Crippen molar-refractivity contribution in [2.75, 3.05) is 0 Å². The SMILES string of the molecule is C=Cc1c(C)sc2c1ccc1cc(N=C(/C(C)=C(\N)c3ccc4c(c3)C(C)(C)c3ccccc3-4)c3ccccc3C)c(-c3ccccc3)cc12. The van der Waals surface area contributed by atoms with Crippen LogP contribution in [0.1, 0.15) is 59.0 Å². The van der Waals surface area contributed by atoms with E-state index in [2.05, 4.69) is 163 Å². The number of aliphatic imine (C=N–C) groups is 1. The number of nitrogens with zero attached hydrogens (tertiary/aromatic N) is 1. The van der Waals surface area contributed by atoms with E-state index >= 15 is 0 Å². The molecule has 0 amide bonds. The lowest BCUT2D eigenvalue weighted by molar-refractivity contribution is 0.660. The molecule has 50 heavy (non-hydrogen) atoms. The van der Waals surface area contributed by atoms with Crippen LogP contribution in [0.4, 0.5) is 5.69 Å². The molecule has 0 saturated heterocycles. The summed E-state index contributed by atoms with van der Waals surface area (Å²) < 4.78 is 1.28. The molecule has 0 unspecified atom stereocenters. The highest BCUT2D eigenvalue weighted by atomic mass is 32.1. The van der Waals surface area contributed by atoms with Gasteiger partial charge >= 0.3 is 0 Å². The second-order valence-corrected chi connectivity index (χ2v) is 15.1. The standard InChI is InChI=1S/C47H40N2S/c1-7-34-30(4)50-46-38(34)24-21-32-26-43(39(27-40(32)46)31-16-9-8-10-17-31)49-45(35-18-12-11-15-28(35)2)29(3)44(48)33-22-23-37-36-19-13-14-20-41(36)47(5,6)42(37)25-33/h7-27H,1,48H2,2-6H3/b44-29-,49-45?. The van der Waals surface area contributed by atoms with Crippen molar-refractivity contribution in [3.63, 3.8) is 0 Å². The van der Waals surface area contributed by atoms with Gasteiger partial charge in [0, 0.05) is 42.6 Å². The highest BCUT2D eigenvalue weighted by Crippen LogP contribution is 2.49. The first-order chi connectivity index (χ1) is 24.2. The topological polar surface area (TPSA) is 38.4 Å². The molecule has 1 aliphatic carbocycles. The number of fused-ring (bicyclic) bond motifs is 6. The van der Waals surface area contributed by atoms with E-state index in [-0.39, 0.29) is 5.41 Å². The largest absolute Gasteiger partial charge is 0.398 e. The molecule has 2 N–H and O–H groups in total. The number of benzene rings is 6. The molecule has 0 aliphatic heterocycles. The fourth-order valence-corrected chi connectivity index (χ4v) is 8.95. The summed E-state index contributed by atoms with van der Waals surface area (Å²) in [7, 11) is 0. The minimum atomic E-state index is -0.113. The van der Waals surface area contributed by atoms with Crippen LogP contribution >= 0.6 is 11.3 Å². The molecule has 1 heterocycles. The Morgan fingerprint density at radius 2 is 1.46 bits per heavy atom. The molecule has 0 bridgehead atoms. The van der Waals surface area contributed by atoms with Crippen LogP contribution in [0.25, 0.3) is 54.9 Å². The molecule has 8 rings (SSSR count). The Morgan fingerprint density at radius 3 is 2.24 bits per heavy atom. The fraction of sp³-hybridized carbons (Fsp3) is 0.128. The highest BCUT2D eigenvalue weighted by Gasteiger charge is 2.35. The zero-order chi connectivity index (χ0) is 34.7. The van der Waals surface area contributed by atoms with Crippen LogP contribution < -0.4 is 5.73 Å². The smallest absolute Gasteiger partial charge is 0.0762 e. The van der Waals surface area contributed by atoms with Crippen molar-refractivity contribution in [3.05, 3.63) is 172 Å². The quantitative estimate of drug-likeness (QED) is 0.177. The zero-order valence-electron chi connectivity index (χ0n) is 29.3. The molecular formula is C47H40N2S. The summed E-state index contributed by atoms with van der Waals surface area (Å²) in [5, 5.41) is 3.64. The van der Waals surface area contributed by atoms with Gasteiger partial charge in [-0.05, 0) is 94.4 Å². The first-order valence-electron chi connectivity index (χ1n) is 17.2. The van der Waals surface area contributed by atoms with Crippen LogP contribution in [0.2, 0.25) is 0 Å². The first-order valence-corrected chi connectivity index (χ1v) is 18.0. The lowest BCUT2D eigenvalue weighted by atomic mass is 9.81. The Bertz CT molecular complexity index is 2560. The monoisotopic (exact) mass is 664 g/mol. The summed E-state index contributed by atoms with van der Waals surface area (Å²) in [5.41, 5.74) is 22.5. The average Bonchev–Trinajstić information content (AvgIpc) is 3.59. The van der Waals surface area contributed by atoms with Gasteiger partial charge in [0.25, 0.3) is 0 Å². The molecule has 2 nitrogen and oxygen atoms in total. The third-order valence-corrected chi connectivity index (χ3v) is 11.8. The van der Waals surface area contributed by atoms with Crippen molar-refractivity contribution in [1.82, 2.24) is 0 Å². The van der Waals surface area contributed by atoms with E-state index in [0.717, 1.165) is 55.9 Å². The Hall–Kier alpha value is -5.51. The molecule has 1 aliphatic rings. The molecule has 0 fully saturated rings. The average molecular weight is 665 g/mol. The highest BCUT2D eigenvalue weighted by molar-refractivity contribution is 7.20. The maximum atomic E-state index is 7.19. The van der Waals surface area contributed by atoms with Gasteiger partial charge in [-0.3, -0.25) is 0 Å². The number of nitrogens with two attached hydrogens (primary N) is 1. The van der Waals surface area contributed by atoms with Crippen LogP contribution in [0.3, 0.4) is 0 Å².